The number of carbonyl (C=O) groups is 1. The fourth-order valence-corrected chi connectivity index (χ4v) is 5.44. The van der Waals surface area contributed by atoms with Crippen LogP contribution in [-0.2, 0) is 14.6 Å². The van der Waals surface area contributed by atoms with E-state index in [0.717, 1.165) is 8.96 Å². The van der Waals surface area contributed by atoms with Gasteiger partial charge < -0.3 is 10.1 Å². The Kier molecular flexibility index (Phi) is 5.16. The van der Waals surface area contributed by atoms with E-state index in [9.17, 15) is 13.2 Å². The zero-order chi connectivity index (χ0) is 17.3. The van der Waals surface area contributed by atoms with E-state index in [1.165, 1.54) is 0 Å². The van der Waals surface area contributed by atoms with E-state index in [-0.39, 0.29) is 30.1 Å². The predicted octanol–water partition coefficient (Wildman–Crippen LogP) is 2.17. The summed E-state index contributed by atoms with van der Waals surface area (Å²) in [5, 5.41) is 4.00. The van der Waals surface area contributed by atoms with E-state index in [1.54, 1.807) is 18.3 Å². The molecule has 1 N–H and O–H groups in total. The van der Waals surface area contributed by atoms with Crippen molar-refractivity contribution in [2.24, 2.45) is 0 Å². The number of nitrogens with one attached hydrogen (secondary N) is 1. The molecule has 9 heteroatoms. The molecular weight excluding hydrogens is 467 g/mol. The fourth-order valence-electron chi connectivity index (χ4n) is 2.60. The maximum atomic E-state index is 12.0. The van der Waals surface area contributed by atoms with Gasteiger partial charge in [0, 0.05) is 17.6 Å². The molecule has 1 fully saturated rings. The molecule has 24 heavy (non-hydrogen) atoms. The molecule has 1 aromatic carbocycles. The highest BCUT2D eigenvalue weighted by atomic mass is 127. The lowest BCUT2D eigenvalue weighted by molar-refractivity contribution is -0.123. The summed E-state index contributed by atoms with van der Waals surface area (Å²) in [7, 11) is -3.03. The predicted molar refractivity (Wildman–Crippen MR) is 100 cm³/mol. The molecule has 0 bridgehead atoms. The van der Waals surface area contributed by atoms with Crippen LogP contribution in [0.2, 0.25) is 5.02 Å². The van der Waals surface area contributed by atoms with Crippen molar-refractivity contribution in [2.75, 3.05) is 18.1 Å². The summed E-state index contributed by atoms with van der Waals surface area (Å²) in [5.74, 6) is 0.237. The van der Waals surface area contributed by atoms with E-state index >= 15 is 0 Å². The van der Waals surface area contributed by atoms with Crippen molar-refractivity contribution >= 4 is 60.8 Å². The Morgan fingerprint density at radius 1 is 1.50 bits per heavy atom. The molecule has 1 amide bonds. The molecule has 128 valence electrons. The molecule has 0 radical (unpaired) electrons. The number of nitrogens with zero attached hydrogens (tertiary/aromatic N) is 1. The molecule has 0 saturated carbocycles. The lowest BCUT2D eigenvalue weighted by atomic mass is 10.2. The van der Waals surface area contributed by atoms with Crippen LogP contribution < -0.4 is 10.1 Å². The average Bonchev–Trinajstić information content (AvgIpc) is 2.85. The summed E-state index contributed by atoms with van der Waals surface area (Å²) >= 11 is 8.28. The van der Waals surface area contributed by atoms with Crippen LogP contribution in [0, 0.1) is 3.57 Å². The highest BCUT2D eigenvalue weighted by Gasteiger charge is 2.29. The first kappa shape index (κ1) is 17.7. The lowest BCUT2D eigenvalue weighted by Crippen LogP contribution is -2.38. The molecule has 1 atom stereocenters. The number of rotatable bonds is 4. The Morgan fingerprint density at radius 2 is 2.29 bits per heavy atom. The number of sulfone groups is 1. The minimum atomic E-state index is -3.03. The van der Waals surface area contributed by atoms with Gasteiger partial charge in [-0.1, -0.05) is 11.6 Å². The standard InChI is InChI=1S/C15H14ClIN2O4S/c16-11-6-12(17)15(14-10(11)2-1-4-18-14)23-7-13(20)19-9-3-5-24(21,22)8-9/h1-2,4,6,9H,3,5,7-8H2,(H,19,20). The van der Waals surface area contributed by atoms with Crippen molar-refractivity contribution in [3.05, 3.63) is 33.0 Å². The SMILES string of the molecule is O=C(COc1c(I)cc(Cl)c2cccnc12)NC1CCS(=O)(=O)C1. The fraction of sp³-hybridized carbons (Fsp3) is 0.333. The van der Waals surface area contributed by atoms with E-state index in [2.05, 4.69) is 32.9 Å². The smallest absolute Gasteiger partial charge is 0.258 e. The number of aromatic nitrogens is 1. The highest BCUT2D eigenvalue weighted by molar-refractivity contribution is 14.1. The number of hydrogen-bond acceptors (Lipinski definition) is 5. The topological polar surface area (TPSA) is 85.4 Å². The Morgan fingerprint density at radius 3 is 3.00 bits per heavy atom. The lowest BCUT2D eigenvalue weighted by Gasteiger charge is -2.14. The Balaban J connectivity index is 1.71. The Bertz CT molecular complexity index is 904. The molecule has 2 heterocycles. The third kappa shape index (κ3) is 3.92. The van der Waals surface area contributed by atoms with Crippen LogP contribution in [0.5, 0.6) is 5.75 Å². The van der Waals surface area contributed by atoms with Gasteiger partial charge in [-0.05, 0) is 47.2 Å². The maximum Gasteiger partial charge on any atom is 0.258 e. The molecular formula is C15H14ClIN2O4S. The van der Waals surface area contributed by atoms with Gasteiger partial charge in [0.1, 0.15) is 5.52 Å². The number of halogens is 2. The van der Waals surface area contributed by atoms with Gasteiger partial charge in [-0.2, -0.15) is 0 Å². The van der Waals surface area contributed by atoms with E-state index in [1.807, 2.05) is 6.07 Å². The van der Waals surface area contributed by atoms with Gasteiger partial charge in [0.05, 0.1) is 20.1 Å². The number of hydrogen-bond donors (Lipinski definition) is 1. The van der Waals surface area contributed by atoms with Crippen LogP contribution in [0.15, 0.2) is 24.4 Å². The largest absolute Gasteiger partial charge is 0.480 e. The average molecular weight is 481 g/mol. The number of fused-ring (bicyclic) bond motifs is 1. The van der Waals surface area contributed by atoms with Crippen molar-refractivity contribution in [1.29, 1.82) is 0 Å². The molecule has 1 saturated heterocycles. The van der Waals surface area contributed by atoms with E-state index in [4.69, 9.17) is 16.3 Å². The van der Waals surface area contributed by atoms with Gasteiger partial charge in [0.25, 0.3) is 5.91 Å². The second-order valence-electron chi connectivity index (χ2n) is 5.53. The monoisotopic (exact) mass is 480 g/mol. The Labute approximate surface area is 158 Å². The summed E-state index contributed by atoms with van der Waals surface area (Å²) in [6.07, 6.45) is 2.07. The van der Waals surface area contributed by atoms with Crippen LogP contribution in [-0.4, -0.2) is 43.5 Å². The number of benzene rings is 1. The number of pyridine rings is 1. The van der Waals surface area contributed by atoms with E-state index < -0.39 is 9.84 Å². The van der Waals surface area contributed by atoms with Crippen LogP contribution in [0.4, 0.5) is 0 Å². The quantitative estimate of drug-likeness (QED) is 0.678. The minimum Gasteiger partial charge on any atom is -0.480 e. The van der Waals surface area contributed by atoms with Gasteiger partial charge in [-0.3, -0.25) is 9.78 Å². The maximum absolute atomic E-state index is 12.0. The van der Waals surface area contributed by atoms with Crippen molar-refractivity contribution < 1.29 is 17.9 Å². The highest BCUT2D eigenvalue weighted by Crippen LogP contribution is 2.34. The normalized spacial score (nSPS) is 19.3. The van der Waals surface area contributed by atoms with Crippen LogP contribution in [0.3, 0.4) is 0 Å². The molecule has 0 spiro atoms. The second-order valence-corrected chi connectivity index (χ2v) is 9.32. The molecule has 6 nitrogen and oxygen atoms in total. The molecule has 1 aliphatic rings. The van der Waals surface area contributed by atoms with Gasteiger partial charge in [0.15, 0.2) is 22.2 Å². The van der Waals surface area contributed by atoms with Gasteiger partial charge in [-0.25, -0.2) is 8.42 Å². The molecule has 3 rings (SSSR count). The minimum absolute atomic E-state index is 0.0122. The van der Waals surface area contributed by atoms with Crippen LogP contribution in [0.1, 0.15) is 6.42 Å². The van der Waals surface area contributed by atoms with Crippen LogP contribution >= 0.6 is 34.2 Å². The molecule has 1 aromatic heterocycles. The first-order valence-corrected chi connectivity index (χ1v) is 10.5. The van der Waals surface area contributed by atoms with Gasteiger partial charge in [0.2, 0.25) is 0 Å². The molecule has 1 aliphatic heterocycles. The third-order valence-corrected chi connectivity index (χ3v) is 6.58. The van der Waals surface area contributed by atoms with Crippen molar-refractivity contribution in [3.8, 4) is 5.75 Å². The van der Waals surface area contributed by atoms with Crippen molar-refractivity contribution in [1.82, 2.24) is 10.3 Å². The first-order valence-electron chi connectivity index (χ1n) is 7.21. The third-order valence-electron chi connectivity index (χ3n) is 3.70. The summed E-state index contributed by atoms with van der Waals surface area (Å²) < 4.78 is 29.2. The van der Waals surface area contributed by atoms with Gasteiger partial charge in [-0.15, -0.1) is 0 Å². The van der Waals surface area contributed by atoms with Crippen molar-refractivity contribution in [2.45, 2.75) is 12.5 Å². The van der Waals surface area contributed by atoms with E-state index in [0.29, 0.717) is 22.7 Å². The second kappa shape index (κ2) is 7.01. The van der Waals surface area contributed by atoms with Gasteiger partial charge >= 0.3 is 0 Å². The summed E-state index contributed by atoms with van der Waals surface area (Å²) in [5.41, 5.74) is 0.589. The summed E-state index contributed by atoms with van der Waals surface area (Å²) in [6.45, 7) is -0.208. The molecule has 2 aromatic rings. The number of carbonyl (C=O) groups excluding carboxylic acids is 1. The number of ether oxygens (including phenoxy) is 1. The zero-order valence-electron chi connectivity index (χ0n) is 12.5. The van der Waals surface area contributed by atoms with Crippen LogP contribution in [0.25, 0.3) is 10.9 Å². The first-order chi connectivity index (χ1) is 11.4. The Hall–Kier alpha value is -1.13. The molecule has 1 unspecified atom stereocenters. The molecule has 0 aliphatic carbocycles. The summed E-state index contributed by atoms with van der Waals surface area (Å²) in [6, 6.07) is 5.02. The van der Waals surface area contributed by atoms with Crippen molar-refractivity contribution in [3.63, 3.8) is 0 Å². The summed E-state index contributed by atoms with van der Waals surface area (Å²) in [4.78, 5) is 16.3. The number of amides is 1. The zero-order valence-corrected chi connectivity index (χ0v) is 16.2.